The Hall–Kier alpha value is -2.74. The molecule has 1 aromatic heterocycles. The van der Waals surface area contributed by atoms with E-state index >= 15 is 0 Å². The summed E-state index contributed by atoms with van der Waals surface area (Å²) in [7, 11) is 0. The maximum absolute atomic E-state index is 13.6. The molecule has 8 heteroatoms. The maximum atomic E-state index is 13.6. The van der Waals surface area contributed by atoms with Crippen molar-refractivity contribution >= 4 is 11.8 Å². The summed E-state index contributed by atoms with van der Waals surface area (Å²) in [5, 5.41) is 10.7. The van der Waals surface area contributed by atoms with Gasteiger partial charge in [-0.2, -0.15) is 5.10 Å². The first-order valence-electron chi connectivity index (χ1n) is 9.71. The first-order valence-corrected chi connectivity index (χ1v) is 9.71. The standard InChI is InChI=1S/C20H24FN5O2/c21-15-4-1-3-14(11-15)19-20(28)23-8-10-25(19)18(27)6-5-16-12-17-13-22-7-2-9-26(17)24-16/h1,3-4,11-12,19,22H,2,5-10,13H2,(H,23,28). The third kappa shape index (κ3) is 3.91. The van der Waals surface area contributed by atoms with Gasteiger partial charge in [-0.05, 0) is 36.7 Å². The summed E-state index contributed by atoms with van der Waals surface area (Å²) in [5.74, 6) is -0.813. The largest absolute Gasteiger partial charge is 0.352 e. The minimum absolute atomic E-state index is 0.120. The van der Waals surface area contributed by atoms with Crippen LogP contribution in [0.2, 0.25) is 0 Å². The second-order valence-electron chi connectivity index (χ2n) is 7.22. The summed E-state index contributed by atoms with van der Waals surface area (Å²) in [6, 6.07) is 7.13. The van der Waals surface area contributed by atoms with E-state index in [1.165, 1.54) is 12.1 Å². The van der Waals surface area contributed by atoms with Crippen LogP contribution in [0.25, 0.3) is 0 Å². The number of hydrogen-bond acceptors (Lipinski definition) is 4. The fraction of sp³-hybridized carbons (Fsp3) is 0.450. The van der Waals surface area contributed by atoms with E-state index in [4.69, 9.17) is 0 Å². The molecule has 1 unspecified atom stereocenters. The van der Waals surface area contributed by atoms with E-state index in [0.717, 1.165) is 37.4 Å². The topological polar surface area (TPSA) is 79.3 Å². The Labute approximate surface area is 162 Å². The SMILES string of the molecule is O=C1NCCN(C(=O)CCc2cc3n(n2)CCCNC3)C1c1cccc(F)c1. The number of carbonyl (C=O) groups is 2. The predicted molar refractivity (Wildman–Crippen MR) is 101 cm³/mol. The Morgan fingerprint density at radius 2 is 2.14 bits per heavy atom. The number of nitrogens with one attached hydrogen (secondary N) is 2. The van der Waals surface area contributed by atoms with Gasteiger partial charge in [0, 0.05) is 39.0 Å². The highest BCUT2D eigenvalue weighted by atomic mass is 19.1. The van der Waals surface area contributed by atoms with Gasteiger partial charge in [0.05, 0.1) is 11.4 Å². The number of amides is 2. The predicted octanol–water partition coefficient (Wildman–Crippen LogP) is 1.15. The van der Waals surface area contributed by atoms with Gasteiger partial charge in [0.2, 0.25) is 11.8 Å². The molecule has 2 amide bonds. The van der Waals surface area contributed by atoms with Crippen molar-refractivity contribution in [3.8, 4) is 0 Å². The van der Waals surface area contributed by atoms with Crippen LogP contribution >= 0.6 is 0 Å². The lowest BCUT2D eigenvalue weighted by atomic mass is 10.0. The third-order valence-corrected chi connectivity index (χ3v) is 5.24. The minimum atomic E-state index is -0.792. The van der Waals surface area contributed by atoms with E-state index in [-0.39, 0.29) is 18.2 Å². The summed E-state index contributed by atoms with van der Waals surface area (Å²) in [6.45, 7) is 3.46. The number of aromatic nitrogens is 2. The molecule has 0 spiro atoms. The second-order valence-corrected chi connectivity index (χ2v) is 7.22. The van der Waals surface area contributed by atoms with Crippen molar-refractivity contribution in [2.75, 3.05) is 19.6 Å². The fourth-order valence-corrected chi connectivity index (χ4v) is 3.87. The van der Waals surface area contributed by atoms with Gasteiger partial charge >= 0.3 is 0 Å². The first-order chi connectivity index (χ1) is 13.6. The maximum Gasteiger partial charge on any atom is 0.247 e. The minimum Gasteiger partial charge on any atom is -0.352 e. The van der Waals surface area contributed by atoms with Gasteiger partial charge in [-0.25, -0.2) is 4.39 Å². The third-order valence-electron chi connectivity index (χ3n) is 5.24. The fourth-order valence-electron chi connectivity index (χ4n) is 3.87. The molecule has 2 aliphatic heterocycles. The number of carbonyl (C=O) groups excluding carboxylic acids is 2. The molecule has 1 saturated heterocycles. The van der Waals surface area contributed by atoms with E-state index < -0.39 is 11.9 Å². The molecular formula is C20H24FN5O2. The Morgan fingerprint density at radius 3 is 3.00 bits per heavy atom. The molecule has 0 aliphatic carbocycles. The zero-order valence-electron chi connectivity index (χ0n) is 15.7. The van der Waals surface area contributed by atoms with Gasteiger partial charge in [0.1, 0.15) is 11.9 Å². The monoisotopic (exact) mass is 385 g/mol. The summed E-state index contributed by atoms with van der Waals surface area (Å²) < 4.78 is 15.6. The molecule has 2 aliphatic rings. The molecule has 1 atom stereocenters. The number of piperazine rings is 1. The molecule has 3 heterocycles. The van der Waals surface area contributed by atoms with Crippen molar-refractivity contribution in [3.63, 3.8) is 0 Å². The molecule has 7 nitrogen and oxygen atoms in total. The normalized spacial score (nSPS) is 19.7. The van der Waals surface area contributed by atoms with Gasteiger partial charge in [-0.3, -0.25) is 14.3 Å². The molecule has 2 N–H and O–H groups in total. The van der Waals surface area contributed by atoms with Crippen LogP contribution in [0.5, 0.6) is 0 Å². The second kappa shape index (κ2) is 8.10. The summed E-state index contributed by atoms with van der Waals surface area (Å²) in [6.07, 6.45) is 1.82. The number of fused-ring (bicyclic) bond motifs is 1. The zero-order chi connectivity index (χ0) is 19.5. The van der Waals surface area contributed by atoms with E-state index in [1.807, 2.05) is 10.7 Å². The lowest BCUT2D eigenvalue weighted by Gasteiger charge is -2.35. The molecule has 2 aromatic rings. The van der Waals surface area contributed by atoms with Gasteiger partial charge in [-0.1, -0.05) is 12.1 Å². The van der Waals surface area contributed by atoms with Crippen molar-refractivity contribution in [1.29, 1.82) is 0 Å². The molecule has 1 aromatic carbocycles. The van der Waals surface area contributed by atoms with E-state index in [2.05, 4.69) is 15.7 Å². The summed E-state index contributed by atoms with van der Waals surface area (Å²) in [4.78, 5) is 26.9. The first kappa shape index (κ1) is 18.6. The van der Waals surface area contributed by atoms with Crippen LogP contribution in [0.15, 0.2) is 30.3 Å². The number of nitrogens with zero attached hydrogens (tertiary/aromatic N) is 3. The highest BCUT2D eigenvalue weighted by Gasteiger charge is 2.34. The van der Waals surface area contributed by atoms with Crippen molar-refractivity contribution in [2.24, 2.45) is 0 Å². The molecule has 1 fully saturated rings. The Balaban J connectivity index is 1.46. The zero-order valence-corrected chi connectivity index (χ0v) is 15.7. The average Bonchev–Trinajstić information content (AvgIpc) is 2.95. The van der Waals surface area contributed by atoms with Crippen LogP contribution in [0, 0.1) is 5.82 Å². The number of halogens is 1. The van der Waals surface area contributed by atoms with Gasteiger partial charge in [0.25, 0.3) is 0 Å². The van der Waals surface area contributed by atoms with Crippen molar-refractivity contribution in [3.05, 3.63) is 53.1 Å². The Bertz CT molecular complexity index is 858. The summed E-state index contributed by atoms with van der Waals surface area (Å²) in [5.41, 5.74) is 2.51. The van der Waals surface area contributed by atoms with E-state index in [1.54, 1.807) is 17.0 Å². The number of aryl methyl sites for hydroxylation is 2. The number of benzene rings is 1. The average molecular weight is 385 g/mol. The number of rotatable bonds is 4. The van der Waals surface area contributed by atoms with Crippen LogP contribution < -0.4 is 10.6 Å². The quantitative estimate of drug-likeness (QED) is 0.828. The Morgan fingerprint density at radius 1 is 1.25 bits per heavy atom. The molecule has 0 saturated carbocycles. The molecule has 148 valence electrons. The van der Waals surface area contributed by atoms with Crippen LogP contribution in [-0.4, -0.2) is 46.1 Å². The summed E-state index contributed by atoms with van der Waals surface area (Å²) >= 11 is 0. The van der Waals surface area contributed by atoms with Crippen LogP contribution in [0.1, 0.15) is 35.8 Å². The molecule has 28 heavy (non-hydrogen) atoms. The van der Waals surface area contributed by atoms with Crippen molar-refractivity contribution in [1.82, 2.24) is 25.3 Å². The van der Waals surface area contributed by atoms with E-state index in [9.17, 15) is 14.0 Å². The highest BCUT2D eigenvalue weighted by molar-refractivity contribution is 5.89. The smallest absolute Gasteiger partial charge is 0.247 e. The molecular weight excluding hydrogens is 361 g/mol. The number of hydrogen-bond donors (Lipinski definition) is 2. The lowest BCUT2D eigenvalue weighted by Crippen LogP contribution is -2.52. The van der Waals surface area contributed by atoms with E-state index in [0.29, 0.717) is 25.1 Å². The van der Waals surface area contributed by atoms with Crippen LogP contribution in [0.3, 0.4) is 0 Å². The Kier molecular flexibility index (Phi) is 5.38. The van der Waals surface area contributed by atoms with Crippen molar-refractivity contribution in [2.45, 2.75) is 38.4 Å². The van der Waals surface area contributed by atoms with Crippen LogP contribution in [-0.2, 0) is 29.1 Å². The van der Waals surface area contributed by atoms with Gasteiger partial charge in [-0.15, -0.1) is 0 Å². The molecule has 0 bridgehead atoms. The van der Waals surface area contributed by atoms with Crippen LogP contribution in [0.4, 0.5) is 4.39 Å². The highest BCUT2D eigenvalue weighted by Crippen LogP contribution is 2.25. The van der Waals surface area contributed by atoms with Gasteiger partial charge in [0.15, 0.2) is 0 Å². The molecule has 0 radical (unpaired) electrons. The van der Waals surface area contributed by atoms with Crippen molar-refractivity contribution < 1.29 is 14.0 Å². The van der Waals surface area contributed by atoms with Gasteiger partial charge < -0.3 is 15.5 Å². The molecule has 4 rings (SSSR count). The lowest BCUT2D eigenvalue weighted by molar-refractivity contribution is -0.143.